The molecule has 2 heterocycles. The normalized spacial score (nSPS) is 10.8. The molecule has 1 N–H and O–H groups in total. The van der Waals surface area contributed by atoms with Crippen molar-refractivity contribution in [3.63, 3.8) is 0 Å². The number of nitrogens with one attached hydrogen (secondary N) is 1. The van der Waals surface area contributed by atoms with Crippen molar-refractivity contribution in [2.75, 3.05) is 5.32 Å². The fourth-order valence-corrected chi connectivity index (χ4v) is 4.08. The lowest BCUT2D eigenvalue weighted by atomic mass is 10.1. The minimum Gasteiger partial charge on any atom is -0.486 e. The van der Waals surface area contributed by atoms with Gasteiger partial charge in [0.15, 0.2) is 10.8 Å². The summed E-state index contributed by atoms with van der Waals surface area (Å²) < 4.78 is 11.5. The summed E-state index contributed by atoms with van der Waals surface area (Å²) in [5.41, 5.74) is 0.180. The first-order chi connectivity index (χ1) is 16.6. The highest BCUT2D eigenvalue weighted by Crippen LogP contribution is 2.31. The number of amides is 1. The minimum atomic E-state index is -0.539. The highest BCUT2D eigenvalue weighted by Gasteiger charge is 2.20. The van der Waals surface area contributed by atoms with Crippen molar-refractivity contribution < 1.29 is 18.9 Å². The van der Waals surface area contributed by atoms with E-state index >= 15 is 0 Å². The maximum Gasteiger partial charge on any atom is 0.293 e. The van der Waals surface area contributed by atoms with Crippen LogP contribution in [0.15, 0.2) is 83.3 Å². The lowest BCUT2D eigenvalue weighted by molar-refractivity contribution is -0.384. The molecule has 0 aliphatic heterocycles. The zero-order chi connectivity index (χ0) is 23.5. The van der Waals surface area contributed by atoms with E-state index in [1.54, 1.807) is 18.2 Å². The standard InChI is InChI=1S/C24H16N4O5S/c29-23(21-13-12-20(33-21)17-9-3-4-10-18(17)28(30)31)25-24-27-26-22(34-24)14-32-19-11-5-7-15-6-1-2-8-16(15)19/h1-13H,14H2,(H,25,27,29). The van der Waals surface area contributed by atoms with Crippen molar-refractivity contribution in [3.8, 4) is 17.1 Å². The van der Waals surface area contributed by atoms with Crippen LogP contribution < -0.4 is 10.1 Å². The number of ether oxygens (including phenoxy) is 1. The van der Waals surface area contributed by atoms with Crippen LogP contribution >= 0.6 is 11.3 Å². The van der Waals surface area contributed by atoms with Gasteiger partial charge in [-0.15, -0.1) is 10.2 Å². The Labute approximate surface area is 196 Å². The second-order valence-electron chi connectivity index (χ2n) is 7.16. The number of hydrogen-bond acceptors (Lipinski definition) is 8. The van der Waals surface area contributed by atoms with Crippen molar-refractivity contribution >= 4 is 38.8 Å². The van der Waals surface area contributed by atoms with Crippen LogP contribution in [-0.4, -0.2) is 21.0 Å². The van der Waals surface area contributed by atoms with Crippen molar-refractivity contribution in [2.24, 2.45) is 0 Å². The second-order valence-corrected chi connectivity index (χ2v) is 8.22. The molecule has 34 heavy (non-hydrogen) atoms. The SMILES string of the molecule is O=C(Nc1nnc(COc2cccc3ccccc23)s1)c1ccc(-c2ccccc2[N+](=O)[O-])o1. The van der Waals surface area contributed by atoms with Crippen molar-refractivity contribution in [1.29, 1.82) is 0 Å². The summed E-state index contributed by atoms with van der Waals surface area (Å²) >= 11 is 1.18. The monoisotopic (exact) mass is 472 g/mol. The van der Waals surface area contributed by atoms with Crippen LogP contribution in [0.1, 0.15) is 15.6 Å². The second kappa shape index (κ2) is 9.12. The van der Waals surface area contributed by atoms with Gasteiger partial charge in [-0.2, -0.15) is 0 Å². The third kappa shape index (κ3) is 4.34. The number of carbonyl (C=O) groups is 1. The van der Waals surface area contributed by atoms with Gasteiger partial charge in [-0.05, 0) is 29.7 Å². The van der Waals surface area contributed by atoms with Crippen molar-refractivity contribution in [1.82, 2.24) is 10.2 Å². The van der Waals surface area contributed by atoms with E-state index in [4.69, 9.17) is 9.15 Å². The number of para-hydroxylation sites is 1. The Kier molecular flexibility index (Phi) is 5.71. The lowest BCUT2D eigenvalue weighted by Crippen LogP contribution is -2.10. The van der Waals surface area contributed by atoms with Crippen LogP contribution in [0.3, 0.4) is 0 Å². The van der Waals surface area contributed by atoms with Crippen LogP contribution in [0.25, 0.3) is 22.1 Å². The molecule has 9 nitrogen and oxygen atoms in total. The Hall–Kier alpha value is -4.57. The highest BCUT2D eigenvalue weighted by molar-refractivity contribution is 7.15. The molecule has 3 aromatic carbocycles. The molecular formula is C24H16N4O5S. The van der Waals surface area contributed by atoms with Gasteiger partial charge in [0, 0.05) is 11.5 Å². The molecule has 10 heteroatoms. The summed E-state index contributed by atoms with van der Waals surface area (Å²) in [6.07, 6.45) is 0. The van der Waals surface area contributed by atoms with Gasteiger partial charge in [-0.1, -0.05) is 59.9 Å². The van der Waals surface area contributed by atoms with Gasteiger partial charge in [0.05, 0.1) is 10.5 Å². The molecule has 5 aromatic rings. The molecule has 0 aliphatic carbocycles. The quantitative estimate of drug-likeness (QED) is 0.239. The number of hydrogen-bond donors (Lipinski definition) is 1. The largest absolute Gasteiger partial charge is 0.486 e. The van der Waals surface area contributed by atoms with Crippen molar-refractivity contribution in [2.45, 2.75) is 6.61 Å². The molecule has 0 aliphatic rings. The number of nitro benzene ring substituents is 1. The molecule has 0 saturated heterocycles. The van der Waals surface area contributed by atoms with E-state index in [9.17, 15) is 14.9 Å². The van der Waals surface area contributed by atoms with Gasteiger partial charge in [-0.25, -0.2) is 0 Å². The fourth-order valence-electron chi connectivity index (χ4n) is 3.43. The van der Waals surface area contributed by atoms with E-state index in [0.717, 1.165) is 16.5 Å². The molecule has 1 amide bonds. The van der Waals surface area contributed by atoms with Gasteiger partial charge in [0.25, 0.3) is 11.6 Å². The van der Waals surface area contributed by atoms with Crippen molar-refractivity contribution in [3.05, 3.63) is 99.7 Å². The van der Waals surface area contributed by atoms with Crippen LogP contribution in [0.4, 0.5) is 10.8 Å². The predicted molar refractivity (Wildman–Crippen MR) is 127 cm³/mol. The number of carbonyl (C=O) groups excluding carboxylic acids is 1. The summed E-state index contributed by atoms with van der Waals surface area (Å²) in [5, 5.41) is 24.9. The number of furan rings is 1. The van der Waals surface area contributed by atoms with Gasteiger partial charge in [0.1, 0.15) is 18.1 Å². The van der Waals surface area contributed by atoms with E-state index in [2.05, 4.69) is 15.5 Å². The summed E-state index contributed by atoms with van der Waals surface area (Å²) in [6, 6.07) is 22.9. The summed E-state index contributed by atoms with van der Waals surface area (Å²) in [4.78, 5) is 23.3. The maximum atomic E-state index is 12.6. The number of anilines is 1. The molecule has 0 unspecified atom stereocenters. The maximum absolute atomic E-state index is 12.6. The Morgan fingerprint density at radius 3 is 2.68 bits per heavy atom. The molecular weight excluding hydrogens is 456 g/mol. The molecule has 0 saturated carbocycles. The van der Waals surface area contributed by atoms with Gasteiger partial charge >= 0.3 is 0 Å². The Morgan fingerprint density at radius 1 is 1.00 bits per heavy atom. The topological polar surface area (TPSA) is 120 Å². The van der Waals surface area contributed by atoms with E-state index in [-0.39, 0.29) is 34.5 Å². The number of aromatic nitrogens is 2. The summed E-state index contributed by atoms with van der Waals surface area (Å²) in [6.45, 7) is 0.199. The Morgan fingerprint density at radius 2 is 1.79 bits per heavy atom. The first-order valence-electron chi connectivity index (χ1n) is 10.2. The van der Waals surface area contributed by atoms with E-state index in [1.807, 2.05) is 42.5 Å². The van der Waals surface area contributed by atoms with E-state index in [1.165, 1.54) is 29.5 Å². The molecule has 2 aromatic heterocycles. The van der Waals surface area contributed by atoms with Crippen LogP contribution in [-0.2, 0) is 6.61 Å². The van der Waals surface area contributed by atoms with Crippen LogP contribution in [0, 0.1) is 10.1 Å². The third-order valence-corrected chi connectivity index (χ3v) is 5.80. The minimum absolute atomic E-state index is 0.00286. The van der Waals surface area contributed by atoms with Gasteiger partial charge in [-0.3, -0.25) is 20.2 Å². The fraction of sp³-hybridized carbons (Fsp3) is 0.0417. The van der Waals surface area contributed by atoms with Crippen LogP contribution in [0.5, 0.6) is 5.75 Å². The Balaban J connectivity index is 1.26. The van der Waals surface area contributed by atoms with E-state index < -0.39 is 10.8 Å². The summed E-state index contributed by atoms with van der Waals surface area (Å²) in [5.74, 6) is 0.412. The summed E-state index contributed by atoms with van der Waals surface area (Å²) in [7, 11) is 0. The van der Waals surface area contributed by atoms with Crippen LogP contribution in [0.2, 0.25) is 0 Å². The molecule has 0 bridgehead atoms. The Bertz CT molecular complexity index is 1500. The number of nitro groups is 1. The average Bonchev–Trinajstić information content (AvgIpc) is 3.53. The number of nitrogens with zero attached hydrogens (tertiary/aromatic N) is 3. The molecule has 0 atom stereocenters. The average molecular weight is 472 g/mol. The predicted octanol–water partition coefficient (Wildman–Crippen LogP) is 5.69. The number of benzene rings is 3. The lowest BCUT2D eigenvalue weighted by Gasteiger charge is -2.07. The number of fused-ring (bicyclic) bond motifs is 1. The van der Waals surface area contributed by atoms with Gasteiger partial charge < -0.3 is 9.15 Å². The van der Waals surface area contributed by atoms with Gasteiger partial charge in [0.2, 0.25) is 5.13 Å². The molecule has 0 spiro atoms. The zero-order valence-electron chi connectivity index (χ0n) is 17.5. The molecule has 5 rings (SSSR count). The van der Waals surface area contributed by atoms with E-state index in [0.29, 0.717) is 5.01 Å². The first-order valence-corrected chi connectivity index (χ1v) is 11.0. The highest BCUT2D eigenvalue weighted by atomic mass is 32.1. The third-order valence-electron chi connectivity index (χ3n) is 4.98. The first kappa shape index (κ1) is 21.3. The molecule has 0 fully saturated rings. The molecule has 168 valence electrons. The number of rotatable bonds is 7. The zero-order valence-corrected chi connectivity index (χ0v) is 18.3. The molecule has 0 radical (unpaired) electrons. The smallest absolute Gasteiger partial charge is 0.293 e.